The molecule has 0 atom stereocenters. The lowest BCUT2D eigenvalue weighted by Crippen LogP contribution is -2.14. The lowest BCUT2D eigenvalue weighted by Gasteiger charge is -2.14. The van der Waals surface area contributed by atoms with Crippen LogP contribution in [0, 0.1) is 18.3 Å². The summed E-state index contributed by atoms with van der Waals surface area (Å²) in [5.41, 5.74) is 2.36. The summed E-state index contributed by atoms with van der Waals surface area (Å²) in [6.07, 6.45) is 1.41. The molecule has 3 aromatic carbocycles. The number of rotatable bonds is 7. The van der Waals surface area contributed by atoms with Crippen LogP contribution in [0.1, 0.15) is 16.7 Å². The summed E-state index contributed by atoms with van der Waals surface area (Å²) in [5, 5.41) is 13.9. The monoisotopic (exact) mass is 534 g/mol. The molecule has 0 aromatic heterocycles. The number of carbonyl (C=O) groups excluding carboxylic acids is 1. The van der Waals surface area contributed by atoms with Crippen LogP contribution < -0.4 is 14.8 Å². The minimum atomic E-state index is -0.581. The number of hydrogen-bond donors (Lipinski definition) is 1. The molecule has 0 aliphatic carbocycles. The van der Waals surface area contributed by atoms with E-state index in [2.05, 4.69) is 5.32 Å². The summed E-state index contributed by atoms with van der Waals surface area (Å²) in [5.74, 6) is 0.0648. The molecule has 9 heteroatoms. The third kappa shape index (κ3) is 6.16. The quantitative estimate of drug-likeness (QED) is 0.248. The van der Waals surface area contributed by atoms with Crippen molar-refractivity contribution in [3.63, 3.8) is 0 Å². The first-order valence-electron chi connectivity index (χ1n) is 9.86. The number of benzene rings is 3. The highest BCUT2D eigenvalue weighted by Crippen LogP contribution is 2.38. The summed E-state index contributed by atoms with van der Waals surface area (Å²) in [4.78, 5) is 12.7. The van der Waals surface area contributed by atoms with Crippen LogP contribution in [0.5, 0.6) is 11.5 Å². The number of nitrogens with one attached hydrogen (secondary N) is 1. The van der Waals surface area contributed by atoms with Crippen LogP contribution in [0.2, 0.25) is 20.1 Å². The average Bonchev–Trinajstić information content (AvgIpc) is 2.81. The van der Waals surface area contributed by atoms with Crippen molar-refractivity contribution < 1.29 is 14.3 Å². The summed E-state index contributed by atoms with van der Waals surface area (Å²) in [6.45, 7) is 1.95. The van der Waals surface area contributed by atoms with E-state index in [0.29, 0.717) is 43.4 Å². The van der Waals surface area contributed by atoms with Gasteiger partial charge in [0.25, 0.3) is 5.91 Å². The van der Waals surface area contributed by atoms with E-state index in [-0.39, 0.29) is 17.2 Å². The fourth-order valence-corrected chi connectivity index (χ4v) is 3.76. The van der Waals surface area contributed by atoms with Gasteiger partial charge >= 0.3 is 0 Å². The number of ether oxygens (including phenoxy) is 2. The van der Waals surface area contributed by atoms with Crippen LogP contribution in [0.15, 0.2) is 54.1 Å². The number of halogens is 4. The van der Waals surface area contributed by atoms with Crippen LogP contribution in [0.4, 0.5) is 5.69 Å². The molecule has 1 amide bonds. The van der Waals surface area contributed by atoms with Crippen molar-refractivity contribution in [3.8, 4) is 17.6 Å². The van der Waals surface area contributed by atoms with Crippen molar-refractivity contribution in [1.29, 1.82) is 5.26 Å². The fourth-order valence-electron chi connectivity index (χ4n) is 3.00. The second-order valence-corrected chi connectivity index (χ2v) is 8.74. The molecule has 34 heavy (non-hydrogen) atoms. The Morgan fingerprint density at radius 1 is 1.03 bits per heavy atom. The van der Waals surface area contributed by atoms with Crippen molar-refractivity contribution in [2.24, 2.45) is 0 Å². The van der Waals surface area contributed by atoms with Crippen molar-refractivity contribution in [2.45, 2.75) is 13.5 Å². The lowest BCUT2D eigenvalue weighted by atomic mass is 10.1. The Morgan fingerprint density at radius 2 is 1.79 bits per heavy atom. The van der Waals surface area contributed by atoms with Gasteiger partial charge in [0, 0.05) is 10.7 Å². The normalized spacial score (nSPS) is 11.0. The van der Waals surface area contributed by atoms with Gasteiger partial charge in [0.2, 0.25) is 0 Å². The van der Waals surface area contributed by atoms with E-state index in [1.807, 2.05) is 6.07 Å². The van der Waals surface area contributed by atoms with Crippen LogP contribution in [-0.4, -0.2) is 13.0 Å². The first kappa shape index (κ1) is 25.7. The van der Waals surface area contributed by atoms with Gasteiger partial charge in [-0.25, -0.2) is 0 Å². The molecule has 0 spiro atoms. The van der Waals surface area contributed by atoms with Gasteiger partial charge in [0.15, 0.2) is 11.5 Å². The molecule has 1 N–H and O–H groups in total. The average molecular weight is 536 g/mol. The Balaban J connectivity index is 1.83. The largest absolute Gasteiger partial charge is 0.493 e. The third-order valence-corrected chi connectivity index (χ3v) is 6.24. The van der Waals surface area contributed by atoms with E-state index in [0.717, 1.165) is 5.56 Å². The van der Waals surface area contributed by atoms with E-state index in [1.165, 1.54) is 13.2 Å². The summed E-state index contributed by atoms with van der Waals surface area (Å²) >= 11 is 24.5. The second kappa shape index (κ2) is 11.5. The standard InChI is InChI=1S/C25H18Cl4N2O3/c1-14-18(26)4-3-5-22(14)31-25(32)17(12-30)8-16-10-21(29)24(23(11-16)33-2)34-13-15-6-7-19(27)20(28)9-15/h3-11H,13H2,1-2H3,(H,31,32)/b17-8-. The molecule has 5 nitrogen and oxygen atoms in total. The highest BCUT2D eigenvalue weighted by molar-refractivity contribution is 6.42. The zero-order valence-corrected chi connectivity index (χ0v) is 21.1. The molecular formula is C25H18Cl4N2O3. The molecule has 0 unspecified atom stereocenters. The Morgan fingerprint density at radius 3 is 2.47 bits per heavy atom. The van der Waals surface area contributed by atoms with E-state index < -0.39 is 5.91 Å². The predicted octanol–water partition coefficient (Wildman–Crippen LogP) is 7.74. The number of amides is 1. The van der Waals surface area contributed by atoms with E-state index >= 15 is 0 Å². The summed E-state index contributed by atoms with van der Waals surface area (Å²) in [7, 11) is 1.46. The van der Waals surface area contributed by atoms with Gasteiger partial charge in [-0.05, 0) is 66.1 Å². The van der Waals surface area contributed by atoms with Gasteiger partial charge in [-0.2, -0.15) is 5.26 Å². The SMILES string of the molecule is COc1cc(/C=C(/C#N)C(=O)Nc2cccc(Cl)c2C)cc(Cl)c1OCc1ccc(Cl)c(Cl)c1. The van der Waals surface area contributed by atoms with Crippen molar-refractivity contribution >= 4 is 64.1 Å². The highest BCUT2D eigenvalue weighted by atomic mass is 35.5. The molecule has 174 valence electrons. The summed E-state index contributed by atoms with van der Waals surface area (Å²) < 4.78 is 11.3. The number of nitrogens with zero attached hydrogens (tertiary/aromatic N) is 1. The molecule has 0 heterocycles. The number of nitriles is 1. The van der Waals surface area contributed by atoms with Crippen LogP contribution in [0.25, 0.3) is 6.08 Å². The van der Waals surface area contributed by atoms with Crippen LogP contribution in [-0.2, 0) is 11.4 Å². The first-order valence-corrected chi connectivity index (χ1v) is 11.4. The third-order valence-electron chi connectivity index (χ3n) is 4.81. The molecule has 0 saturated carbocycles. The number of methoxy groups -OCH3 is 1. The van der Waals surface area contributed by atoms with Crippen molar-refractivity contribution in [2.75, 3.05) is 12.4 Å². The molecule has 3 aromatic rings. The van der Waals surface area contributed by atoms with Gasteiger partial charge in [-0.3, -0.25) is 4.79 Å². The highest BCUT2D eigenvalue weighted by Gasteiger charge is 2.15. The van der Waals surface area contributed by atoms with Crippen LogP contribution in [0.3, 0.4) is 0 Å². The van der Waals surface area contributed by atoms with E-state index in [1.54, 1.807) is 55.5 Å². The maximum Gasteiger partial charge on any atom is 0.266 e. The molecule has 0 bridgehead atoms. The van der Waals surface area contributed by atoms with Crippen molar-refractivity contribution in [3.05, 3.63) is 90.9 Å². The van der Waals surface area contributed by atoms with Gasteiger partial charge in [-0.15, -0.1) is 0 Å². The molecule has 0 radical (unpaired) electrons. The van der Waals surface area contributed by atoms with Gasteiger partial charge in [0.1, 0.15) is 18.2 Å². The molecular weight excluding hydrogens is 518 g/mol. The Kier molecular flexibility index (Phi) is 8.71. The van der Waals surface area contributed by atoms with E-state index in [9.17, 15) is 10.1 Å². The number of carbonyl (C=O) groups is 1. The molecule has 0 aliphatic rings. The molecule has 3 rings (SSSR count). The van der Waals surface area contributed by atoms with Gasteiger partial charge in [0.05, 0.1) is 22.2 Å². The first-order chi connectivity index (χ1) is 16.2. The Hall–Kier alpha value is -2.88. The molecule has 0 fully saturated rings. The number of anilines is 1. The minimum absolute atomic E-state index is 0.123. The zero-order valence-electron chi connectivity index (χ0n) is 18.1. The zero-order chi connectivity index (χ0) is 24.8. The van der Waals surface area contributed by atoms with Crippen molar-refractivity contribution in [1.82, 2.24) is 0 Å². The van der Waals surface area contributed by atoms with E-state index in [4.69, 9.17) is 55.9 Å². The second-order valence-electron chi connectivity index (χ2n) is 7.11. The van der Waals surface area contributed by atoms with Gasteiger partial charge < -0.3 is 14.8 Å². The molecule has 0 saturated heterocycles. The van der Waals surface area contributed by atoms with Gasteiger partial charge in [-0.1, -0.05) is 58.5 Å². The lowest BCUT2D eigenvalue weighted by molar-refractivity contribution is -0.112. The minimum Gasteiger partial charge on any atom is -0.493 e. The smallest absolute Gasteiger partial charge is 0.266 e. The maximum absolute atomic E-state index is 12.7. The molecule has 0 aliphatic heterocycles. The Labute approximate surface area is 217 Å². The topological polar surface area (TPSA) is 71.3 Å². The van der Waals surface area contributed by atoms with Crippen LogP contribution >= 0.6 is 46.4 Å². The summed E-state index contributed by atoms with van der Waals surface area (Å²) in [6, 6.07) is 15.4. The maximum atomic E-state index is 12.7. The fraction of sp³-hybridized carbons (Fsp3) is 0.120. The predicted molar refractivity (Wildman–Crippen MR) is 137 cm³/mol. The Bertz CT molecular complexity index is 1320. The number of hydrogen-bond acceptors (Lipinski definition) is 4.